The van der Waals surface area contributed by atoms with Crippen LogP contribution in [0.5, 0.6) is 5.75 Å². The van der Waals surface area contributed by atoms with Gasteiger partial charge in [-0.3, -0.25) is 4.79 Å². The lowest BCUT2D eigenvalue weighted by Gasteiger charge is -2.09. The topological polar surface area (TPSA) is 42.1 Å². The smallest absolute Gasteiger partial charge is 0.406 e. The summed E-state index contributed by atoms with van der Waals surface area (Å²) in [6, 6.07) is 7.95. The predicted octanol–water partition coefficient (Wildman–Crippen LogP) is 3.59. The van der Waals surface area contributed by atoms with Crippen LogP contribution in [-0.2, 0) is 0 Å². The third-order valence-corrected chi connectivity index (χ3v) is 2.44. The number of aromatic amines is 1. The maximum absolute atomic E-state index is 12.0. The number of halogens is 4. The van der Waals surface area contributed by atoms with Crippen molar-refractivity contribution in [3.8, 4) is 16.9 Å². The molecule has 0 aliphatic rings. The lowest BCUT2D eigenvalue weighted by molar-refractivity contribution is -0.274. The molecule has 0 amide bonds. The van der Waals surface area contributed by atoms with E-state index < -0.39 is 11.9 Å². The largest absolute Gasteiger partial charge is 0.573 e. The molecule has 0 aliphatic carbocycles. The van der Waals surface area contributed by atoms with Gasteiger partial charge in [0.15, 0.2) is 0 Å². The van der Waals surface area contributed by atoms with Crippen molar-refractivity contribution in [1.29, 1.82) is 0 Å². The first-order valence-electron chi connectivity index (χ1n) is 5.09. The van der Waals surface area contributed by atoms with E-state index in [4.69, 9.17) is 11.6 Å². The molecule has 1 aromatic heterocycles. The molecule has 0 spiro atoms. The Kier molecular flexibility index (Phi) is 3.53. The van der Waals surface area contributed by atoms with E-state index in [-0.39, 0.29) is 10.9 Å². The molecule has 2 rings (SSSR count). The van der Waals surface area contributed by atoms with Crippen molar-refractivity contribution in [2.24, 2.45) is 0 Å². The molecule has 100 valence electrons. The molecule has 0 atom stereocenters. The molecular formula is C12H7ClF3NO2. The Bertz CT molecular complexity index is 635. The van der Waals surface area contributed by atoms with Crippen molar-refractivity contribution in [3.05, 3.63) is 51.9 Å². The number of ether oxygens (including phenoxy) is 1. The molecule has 0 bridgehead atoms. The Balaban J connectivity index is 2.30. The first-order chi connectivity index (χ1) is 8.83. The van der Waals surface area contributed by atoms with Gasteiger partial charge in [-0.1, -0.05) is 23.7 Å². The normalized spacial score (nSPS) is 11.4. The molecule has 0 unspecified atom stereocenters. The highest BCUT2D eigenvalue weighted by Gasteiger charge is 2.30. The van der Waals surface area contributed by atoms with Crippen LogP contribution in [0.15, 0.2) is 41.2 Å². The molecule has 0 saturated heterocycles. The third-order valence-electron chi connectivity index (χ3n) is 2.23. The molecule has 1 aromatic carbocycles. The van der Waals surface area contributed by atoms with E-state index >= 15 is 0 Å². The second kappa shape index (κ2) is 4.97. The number of hydrogen-bond donors (Lipinski definition) is 1. The highest BCUT2D eigenvalue weighted by Crippen LogP contribution is 2.26. The number of pyridine rings is 1. The van der Waals surface area contributed by atoms with Gasteiger partial charge in [0.2, 0.25) is 5.56 Å². The number of alkyl halides is 3. The Hall–Kier alpha value is -1.95. The SMILES string of the molecule is O=c1cc(-c2ccc(OC(F)(F)F)cc2)cc(Cl)[nH]1. The highest BCUT2D eigenvalue weighted by atomic mass is 35.5. The fraction of sp³-hybridized carbons (Fsp3) is 0.0833. The van der Waals surface area contributed by atoms with Crippen LogP contribution in [0.3, 0.4) is 0 Å². The molecule has 0 fully saturated rings. The summed E-state index contributed by atoms with van der Waals surface area (Å²) in [7, 11) is 0. The molecule has 19 heavy (non-hydrogen) atoms. The van der Waals surface area contributed by atoms with Crippen LogP contribution in [-0.4, -0.2) is 11.3 Å². The van der Waals surface area contributed by atoms with Crippen LogP contribution in [0, 0.1) is 0 Å². The molecule has 0 aliphatic heterocycles. The maximum Gasteiger partial charge on any atom is 0.573 e. The van der Waals surface area contributed by atoms with Gasteiger partial charge in [0.1, 0.15) is 10.9 Å². The monoisotopic (exact) mass is 289 g/mol. The third kappa shape index (κ3) is 3.75. The van der Waals surface area contributed by atoms with Crippen molar-refractivity contribution in [1.82, 2.24) is 4.98 Å². The number of aromatic nitrogens is 1. The van der Waals surface area contributed by atoms with Crippen LogP contribution >= 0.6 is 11.6 Å². The first-order valence-corrected chi connectivity index (χ1v) is 5.47. The molecule has 0 saturated carbocycles. The summed E-state index contributed by atoms with van der Waals surface area (Å²) in [6.45, 7) is 0. The number of H-pyrrole nitrogens is 1. The average molecular weight is 290 g/mol. The van der Waals surface area contributed by atoms with Crippen LogP contribution in [0.25, 0.3) is 11.1 Å². The summed E-state index contributed by atoms with van der Waals surface area (Å²) in [4.78, 5) is 13.6. The molecular weight excluding hydrogens is 283 g/mol. The maximum atomic E-state index is 12.0. The van der Waals surface area contributed by atoms with Gasteiger partial charge in [0.05, 0.1) is 0 Å². The highest BCUT2D eigenvalue weighted by molar-refractivity contribution is 6.29. The van der Waals surface area contributed by atoms with Crippen LogP contribution in [0.4, 0.5) is 13.2 Å². The molecule has 7 heteroatoms. The van der Waals surface area contributed by atoms with Crippen LogP contribution in [0.1, 0.15) is 0 Å². The van der Waals surface area contributed by atoms with Gasteiger partial charge in [0, 0.05) is 6.07 Å². The van der Waals surface area contributed by atoms with Gasteiger partial charge in [-0.25, -0.2) is 0 Å². The Labute approximate surface area is 110 Å². The summed E-state index contributed by atoms with van der Waals surface area (Å²) < 4.78 is 39.7. The van der Waals surface area contributed by atoms with Gasteiger partial charge in [-0.2, -0.15) is 0 Å². The molecule has 1 heterocycles. The van der Waals surface area contributed by atoms with E-state index in [9.17, 15) is 18.0 Å². The van der Waals surface area contributed by atoms with E-state index in [1.807, 2.05) is 0 Å². The van der Waals surface area contributed by atoms with Crippen LogP contribution in [0.2, 0.25) is 5.15 Å². The van der Waals surface area contributed by atoms with E-state index in [0.29, 0.717) is 11.1 Å². The zero-order valence-corrected chi connectivity index (χ0v) is 10.0. The summed E-state index contributed by atoms with van der Waals surface area (Å²) in [6.07, 6.45) is -4.73. The summed E-state index contributed by atoms with van der Waals surface area (Å²) >= 11 is 5.69. The Morgan fingerprint density at radius 1 is 1.05 bits per heavy atom. The van der Waals surface area contributed by atoms with Gasteiger partial charge in [-0.05, 0) is 29.3 Å². The van der Waals surface area contributed by atoms with E-state index in [2.05, 4.69) is 9.72 Å². The van der Waals surface area contributed by atoms with E-state index in [1.54, 1.807) is 0 Å². The van der Waals surface area contributed by atoms with Gasteiger partial charge in [-0.15, -0.1) is 13.2 Å². The van der Waals surface area contributed by atoms with Crippen molar-refractivity contribution >= 4 is 11.6 Å². The summed E-state index contributed by atoms with van der Waals surface area (Å²) in [5, 5.41) is 0.151. The standard InChI is InChI=1S/C12H7ClF3NO2/c13-10-5-8(6-11(18)17-10)7-1-3-9(4-2-7)19-12(14,15)16/h1-6H,(H,17,18). The van der Waals surface area contributed by atoms with Crippen molar-refractivity contribution < 1.29 is 17.9 Å². The summed E-state index contributed by atoms with van der Waals surface area (Å²) in [5.74, 6) is -0.327. The molecule has 2 aromatic rings. The molecule has 1 N–H and O–H groups in total. The Morgan fingerprint density at radius 2 is 1.68 bits per heavy atom. The lowest BCUT2D eigenvalue weighted by Crippen LogP contribution is -2.16. The van der Waals surface area contributed by atoms with E-state index in [1.165, 1.54) is 24.3 Å². The van der Waals surface area contributed by atoms with Crippen molar-refractivity contribution in [2.45, 2.75) is 6.36 Å². The second-order valence-corrected chi connectivity index (χ2v) is 4.06. The fourth-order valence-corrected chi connectivity index (χ4v) is 1.74. The molecule has 0 radical (unpaired) electrons. The van der Waals surface area contributed by atoms with Crippen molar-refractivity contribution in [2.75, 3.05) is 0 Å². The zero-order chi connectivity index (χ0) is 14.0. The fourth-order valence-electron chi connectivity index (χ4n) is 1.53. The minimum absolute atomic E-state index is 0.151. The first kappa shape index (κ1) is 13.5. The van der Waals surface area contributed by atoms with Gasteiger partial charge < -0.3 is 9.72 Å². The van der Waals surface area contributed by atoms with Gasteiger partial charge >= 0.3 is 6.36 Å². The lowest BCUT2D eigenvalue weighted by atomic mass is 10.1. The van der Waals surface area contributed by atoms with Crippen LogP contribution < -0.4 is 10.3 Å². The number of rotatable bonds is 2. The summed E-state index contributed by atoms with van der Waals surface area (Å²) in [5.41, 5.74) is 0.674. The molecule has 3 nitrogen and oxygen atoms in total. The predicted molar refractivity (Wildman–Crippen MR) is 64.2 cm³/mol. The van der Waals surface area contributed by atoms with E-state index in [0.717, 1.165) is 12.1 Å². The number of benzene rings is 1. The quantitative estimate of drug-likeness (QED) is 0.858. The van der Waals surface area contributed by atoms with Gasteiger partial charge in [0.25, 0.3) is 0 Å². The van der Waals surface area contributed by atoms with Crippen molar-refractivity contribution in [3.63, 3.8) is 0 Å². The average Bonchev–Trinajstić information content (AvgIpc) is 2.26. The number of hydrogen-bond acceptors (Lipinski definition) is 2. The minimum atomic E-state index is -4.73. The second-order valence-electron chi connectivity index (χ2n) is 3.65. The number of nitrogens with one attached hydrogen (secondary N) is 1. The Morgan fingerprint density at radius 3 is 2.21 bits per heavy atom. The zero-order valence-electron chi connectivity index (χ0n) is 9.29. The minimum Gasteiger partial charge on any atom is -0.406 e.